The highest BCUT2D eigenvalue weighted by molar-refractivity contribution is 7.71. The lowest BCUT2D eigenvalue weighted by molar-refractivity contribution is 0.550. The first-order valence-electron chi connectivity index (χ1n) is 3.30. The van der Waals surface area contributed by atoms with Crippen molar-refractivity contribution in [3.8, 4) is 0 Å². The minimum atomic E-state index is 0.302. The molecular weight excluding hydrogens is 176 g/mol. The summed E-state index contributed by atoms with van der Waals surface area (Å²) < 4.78 is 5.44. The number of aryl methyl sites for hydroxylation is 1. The molecule has 0 fully saturated rings. The van der Waals surface area contributed by atoms with Crippen LogP contribution in [0.1, 0.15) is 5.89 Å². The fraction of sp³-hybridized carbons (Fsp3) is 0.167. The van der Waals surface area contributed by atoms with Crippen molar-refractivity contribution in [3.05, 3.63) is 10.7 Å². The van der Waals surface area contributed by atoms with Crippen LogP contribution >= 0.6 is 12.2 Å². The van der Waals surface area contributed by atoms with Crippen molar-refractivity contribution in [3.63, 3.8) is 0 Å². The maximum atomic E-state index is 5.59. The summed E-state index contributed by atoms with van der Waals surface area (Å²) in [4.78, 5) is 10.6. The van der Waals surface area contributed by atoms with Crippen LogP contribution in [0.2, 0.25) is 0 Å². The standard InChI is InChI=1S/C6H6N4OS/c1-2-8-3-4(7)9-6(12)10-5(3)11-2/h1H3,(H3,7,9,10,12). The minimum Gasteiger partial charge on any atom is -0.422 e. The van der Waals surface area contributed by atoms with Crippen molar-refractivity contribution in [2.45, 2.75) is 6.92 Å². The van der Waals surface area contributed by atoms with Crippen molar-refractivity contribution >= 4 is 29.3 Å². The van der Waals surface area contributed by atoms with E-state index in [1.54, 1.807) is 6.92 Å². The fourth-order valence-electron chi connectivity index (χ4n) is 0.962. The molecule has 0 unspecified atom stereocenters. The van der Waals surface area contributed by atoms with E-state index in [0.717, 1.165) is 0 Å². The van der Waals surface area contributed by atoms with Crippen LogP contribution in [0.25, 0.3) is 11.2 Å². The second kappa shape index (κ2) is 2.28. The number of nitrogens with zero attached hydrogens (tertiary/aromatic N) is 2. The van der Waals surface area contributed by atoms with Gasteiger partial charge in [0.15, 0.2) is 11.4 Å². The molecular formula is C6H6N4OS. The third-order valence-electron chi connectivity index (χ3n) is 1.42. The highest BCUT2D eigenvalue weighted by Gasteiger charge is 2.06. The van der Waals surface area contributed by atoms with Gasteiger partial charge < -0.3 is 15.1 Å². The average Bonchev–Trinajstić information content (AvgIpc) is 2.29. The third-order valence-corrected chi connectivity index (χ3v) is 1.61. The Morgan fingerprint density at radius 3 is 3.00 bits per heavy atom. The predicted octanol–water partition coefficient (Wildman–Crippen LogP) is 1.17. The Balaban J connectivity index is 2.97. The van der Waals surface area contributed by atoms with Crippen LogP contribution in [-0.4, -0.2) is 15.0 Å². The Kier molecular flexibility index (Phi) is 1.37. The van der Waals surface area contributed by atoms with Crippen LogP contribution in [0.5, 0.6) is 0 Å². The molecule has 0 radical (unpaired) electrons. The van der Waals surface area contributed by atoms with Gasteiger partial charge in [0.25, 0.3) is 5.71 Å². The van der Waals surface area contributed by atoms with Crippen LogP contribution in [-0.2, 0) is 0 Å². The molecule has 0 aliphatic carbocycles. The van der Waals surface area contributed by atoms with Crippen molar-refractivity contribution in [1.29, 1.82) is 0 Å². The van der Waals surface area contributed by atoms with Gasteiger partial charge in [-0.15, -0.1) is 0 Å². The summed E-state index contributed by atoms with van der Waals surface area (Å²) in [5.74, 6) is 0.917. The molecule has 0 spiro atoms. The van der Waals surface area contributed by atoms with E-state index in [1.807, 2.05) is 0 Å². The number of aromatic nitrogens is 3. The maximum absolute atomic E-state index is 5.59. The molecule has 2 rings (SSSR count). The molecule has 12 heavy (non-hydrogen) atoms. The van der Waals surface area contributed by atoms with Gasteiger partial charge in [-0.05, 0) is 12.2 Å². The van der Waals surface area contributed by atoms with Gasteiger partial charge in [0, 0.05) is 6.92 Å². The van der Waals surface area contributed by atoms with E-state index in [0.29, 0.717) is 27.7 Å². The van der Waals surface area contributed by atoms with Crippen molar-refractivity contribution < 1.29 is 4.42 Å². The number of anilines is 1. The van der Waals surface area contributed by atoms with Crippen molar-refractivity contribution in [1.82, 2.24) is 15.0 Å². The Bertz CT molecular complexity index is 486. The predicted molar refractivity (Wildman–Crippen MR) is 46.1 cm³/mol. The first-order chi connectivity index (χ1) is 5.66. The van der Waals surface area contributed by atoms with Crippen LogP contribution in [0.3, 0.4) is 0 Å². The van der Waals surface area contributed by atoms with Crippen LogP contribution in [0.4, 0.5) is 5.82 Å². The van der Waals surface area contributed by atoms with Gasteiger partial charge >= 0.3 is 0 Å². The van der Waals surface area contributed by atoms with E-state index in [9.17, 15) is 0 Å². The lowest BCUT2D eigenvalue weighted by Crippen LogP contribution is -1.93. The quantitative estimate of drug-likeness (QED) is 0.598. The smallest absolute Gasteiger partial charge is 0.253 e. The number of nitrogen functional groups attached to an aromatic ring is 1. The van der Waals surface area contributed by atoms with Crippen molar-refractivity contribution in [2.75, 3.05) is 5.73 Å². The minimum absolute atomic E-state index is 0.302. The van der Waals surface area contributed by atoms with E-state index in [4.69, 9.17) is 22.4 Å². The summed E-state index contributed by atoms with van der Waals surface area (Å²) in [5.41, 5.74) is 6.50. The van der Waals surface area contributed by atoms with Gasteiger partial charge in [0.2, 0.25) is 4.77 Å². The molecule has 0 amide bonds. The maximum Gasteiger partial charge on any atom is 0.253 e. The Hall–Kier alpha value is -1.43. The molecule has 62 valence electrons. The van der Waals surface area contributed by atoms with Gasteiger partial charge in [-0.1, -0.05) is 0 Å². The molecule has 6 heteroatoms. The molecule has 0 saturated carbocycles. The molecule has 3 N–H and O–H groups in total. The number of nitrogens with one attached hydrogen (secondary N) is 1. The normalized spacial score (nSPS) is 10.8. The van der Waals surface area contributed by atoms with Crippen molar-refractivity contribution in [2.24, 2.45) is 0 Å². The number of H-pyrrole nitrogens is 1. The Morgan fingerprint density at radius 2 is 2.25 bits per heavy atom. The number of hydrogen-bond acceptors (Lipinski definition) is 5. The Morgan fingerprint density at radius 1 is 1.50 bits per heavy atom. The average molecular weight is 182 g/mol. The number of hydrogen-bond donors (Lipinski definition) is 2. The zero-order chi connectivity index (χ0) is 8.72. The Labute approximate surface area is 72.6 Å². The van der Waals surface area contributed by atoms with E-state index >= 15 is 0 Å². The second-order valence-corrected chi connectivity index (χ2v) is 2.73. The van der Waals surface area contributed by atoms with Crippen LogP contribution in [0.15, 0.2) is 4.42 Å². The van der Waals surface area contributed by atoms with Gasteiger partial charge in [-0.3, -0.25) is 0 Å². The topological polar surface area (TPSA) is 80.7 Å². The monoisotopic (exact) mass is 182 g/mol. The van der Waals surface area contributed by atoms with Gasteiger partial charge in [0.05, 0.1) is 0 Å². The first kappa shape index (κ1) is 7.23. The molecule has 0 aliphatic heterocycles. The molecule has 0 aliphatic rings. The third kappa shape index (κ3) is 0.964. The molecule has 2 aromatic rings. The lowest BCUT2D eigenvalue weighted by atomic mass is 10.5. The number of aromatic amines is 1. The summed E-state index contributed by atoms with van der Waals surface area (Å²) in [6.45, 7) is 1.73. The second-order valence-electron chi connectivity index (χ2n) is 2.34. The highest BCUT2D eigenvalue weighted by Crippen LogP contribution is 2.16. The van der Waals surface area contributed by atoms with E-state index in [2.05, 4.69) is 15.0 Å². The van der Waals surface area contributed by atoms with E-state index < -0.39 is 0 Å². The molecule has 5 nitrogen and oxygen atoms in total. The van der Waals surface area contributed by atoms with Gasteiger partial charge in [-0.25, -0.2) is 4.98 Å². The molecule has 2 heterocycles. The lowest BCUT2D eigenvalue weighted by Gasteiger charge is -1.90. The summed E-state index contributed by atoms with van der Waals surface area (Å²) in [6.07, 6.45) is 0. The van der Waals surface area contributed by atoms with E-state index in [1.165, 1.54) is 0 Å². The number of nitrogens with two attached hydrogens (primary N) is 1. The largest absolute Gasteiger partial charge is 0.422 e. The zero-order valence-electron chi connectivity index (χ0n) is 6.29. The molecule has 2 aromatic heterocycles. The summed E-state index contributed by atoms with van der Waals surface area (Å²) in [7, 11) is 0. The molecule has 0 aromatic carbocycles. The van der Waals surface area contributed by atoms with E-state index in [-0.39, 0.29) is 0 Å². The number of fused-ring (bicyclic) bond motifs is 1. The highest BCUT2D eigenvalue weighted by atomic mass is 32.1. The SMILES string of the molecule is Cc1nc2c(N)[nH]c(=S)nc2o1. The van der Waals surface area contributed by atoms with Gasteiger partial charge in [-0.2, -0.15) is 4.98 Å². The molecule has 0 atom stereocenters. The van der Waals surface area contributed by atoms with Gasteiger partial charge in [0.1, 0.15) is 5.82 Å². The number of rotatable bonds is 0. The van der Waals surface area contributed by atoms with Crippen LogP contribution < -0.4 is 5.73 Å². The zero-order valence-corrected chi connectivity index (χ0v) is 7.10. The fourth-order valence-corrected chi connectivity index (χ4v) is 1.15. The summed E-state index contributed by atoms with van der Waals surface area (Å²) in [5, 5.41) is 0. The summed E-state index contributed by atoms with van der Waals surface area (Å²) in [6, 6.07) is 0. The number of oxazole rings is 1. The summed E-state index contributed by atoms with van der Waals surface area (Å²) >= 11 is 4.80. The van der Waals surface area contributed by atoms with Crippen LogP contribution in [0, 0.1) is 11.7 Å². The molecule has 0 bridgehead atoms. The molecule has 0 saturated heterocycles. The first-order valence-corrected chi connectivity index (χ1v) is 3.70.